The van der Waals surface area contributed by atoms with Crippen LogP contribution in [0.15, 0.2) is 48.5 Å². The monoisotopic (exact) mass is 374 g/mol. The minimum atomic E-state index is -3.84. The van der Waals surface area contributed by atoms with Crippen molar-refractivity contribution < 1.29 is 75.9 Å². The molecule has 2 aromatic carbocycles. The Balaban J connectivity index is 0.00000156. The molecule has 24 heavy (non-hydrogen) atoms. The van der Waals surface area contributed by atoms with E-state index >= 15 is 0 Å². The molecule has 2 N–H and O–H groups in total. The molecule has 1 saturated heterocycles. The second-order valence-corrected chi connectivity index (χ2v) is 6.59. The molecule has 0 spiro atoms. The van der Waals surface area contributed by atoms with Crippen LogP contribution in [0.1, 0.15) is 1.43 Å². The molecule has 1 atom stereocenters. The van der Waals surface area contributed by atoms with Gasteiger partial charge in [0.1, 0.15) is 23.5 Å². The number of aromatic hydroxyl groups is 1. The summed E-state index contributed by atoms with van der Waals surface area (Å²) in [6, 6.07) is 12.5. The summed E-state index contributed by atoms with van der Waals surface area (Å²) in [6.45, 7) is -0.0711. The van der Waals surface area contributed by atoms with Gasteiger partial charge in [-0.3, -0.25) is 4.31 Å². The zero-order valence-electron chi connectivity index (χ0n) is 13.9. The van der Waals surface area contributed by atoms with Gasteiger partial charge in [0.25, 0.3) is 0 Å². The molecule has 0 aliphatic carbocycles. The van der Waals surface area contributed by atoms with Crippen LogP contribution in [0.5, 0.6) is 17.2 Å². The number of carbonyl (C=O) groups excluding carboxylic acids is 1. The summed E-state index contributed by atoms with van der Waals surface area (Å²) in [4.78, 5) is 10.8. The van der Waals surface area contributed by atoms with Crippen LogP contribution >= 0.6 is 0 Å². The molecule has 0 amide bonds. The Kier molecular flexibility index (Phi) is 6.43. The van der Waals surface area contributed by atoms with E-state index < -0.39 is 16.3 Å². The average Bonchev–Trinajstić information content (AvgIpc) is 2.83. The first-order valence-corrected chi connectivity index (χ1v) is 8.25. The quantitative estimate of drug-likeness (QED) is 0.503. The molecule has 1 fully saturated rings. The van der Waals surface area contributed by atoms with Gasteiger partial charge >= 0.3 is 61.6 Å². The van der Waals surface area contributed by atoms with Crippen molar-refractivity contribution in [1.29, 1.82) is 0 Å². The van der Waals surface area contributed by atoms with Gasteiger partial charge in [-0.1, -0.05) is 18.2 Å². The van der Waals surface area contributed by atoms with E-state index in [0.29, 0.717) is 17.8 Å². The summed E-state index contributed by atoms with van der Waals surface area (Å²) < 4.78 is 32.7. The van der Waals surface area contributed by atoms with Crippen molar-refractivity contribution in [3.8, 4) is 17.2 Å². The summed E-state index contributed by atoms with van der Waals surface area (Å²) in [5.74, 6) is 0.709. The predicted molar refractivity (Wildman–Crippen MR) is 85.0 cm³/mol. The minimum absolute atomic E-state index is 0. The van der Waals surface area contributed by atoms with Gasteiger partial charge in [-0.05, 0) is 24.3 Å². The number of aldehydes is 1. The molecule has 0 aromatic heterocycles. The van der Waals surface area contributed by atoms with E-state index in [2.05, 4.69) is 4.72 Å². The van der Waals surface area contributed by atoms with E-state index in [1.807, 2.05) is 18.2 Å². The molecule has 1 aliphatic heterocycles. The van der Waals surface area contributed by atoms with E-state index in [1.54, 1.807) is 18.2 Å². The summed E-state index contributed by atoms with van der Waals surface area (Å²) in [6.07, 6.45) is 0.515. The Bertz CT molecular complexity index is 835. The fourth-order valence-corrected chi connectivity index (χ4v) is 3.68. The van der Waals surface area contributed by atoms with Gasteiger partial charge in [0.05, 0.1) is 18.3 Å². The number of phenols is 1. The molecule has 3 rings (SSSR count). The van der Waals surface area contributed by atoms with Crippen molar-refractivity contribution in [2.24, 2.45) is 0 Å². The number of rotatable bonds is 4. The van der Waals surface area contributed by atoms with Gasteiger partial charge in [-0.15, -0.1) is 0 Å². The van der Waals surface area contributed by atoms with Crippen LogP contribution in [-0.4, -0.2) is 32.4 Å². The summed E-state index contributed by atoms with van der Waals surface area (Å²) in [5, 5.41) is 10.1. The number of hydrogen-bond donors (Lipinski definition) is 2. The maximum atomic E-state index is 12.0. The fraction of sp³-hybridized carbons (Fsp3) is 0.133. The minimum Gasteiger partial charge on any atom is -1.00 e. The maximum absolute atomic E-state index is 12.0. The zero-order valence-corrected chi connectivity index (χ0v) is 16.9. The Morgan fingerprint density at radius 2 is 1.92 bits per heavy atom. The first kappa shape index (κ1) is 19.4. The number of nitrogens with one attached hydrogen (secondary N) is 1. The topological polar surface area (TPSA) is 95.9 Å². The van der Waals surface area contributed by atoms with E-state index in [0.717, 1.165) is 4.31 Å². The molecular formula is C15H15KN2O5S. The predicted octanol–water partition coefficient (Wildman–Crippen LogP) is -1.48. The normalized spacial score (nSPS) is 18.7. The van der Waals surface area contributed by atoms with Gasteiger partial charge in [0, 0.05) is 6.07 Å². The molecule has 0 bridgehead atoms. The van der Waals surface area contributed by atoms with Gasteiger partial charge in [-0.2, -0.15) is 13.1 Å². The first-order chi connectivity index (χ1) is 11.0. The van der Waals surface area contributed by atoms with Crippen molar-refractivity contribution in [3.63, 3.8) is 0 Å². The maximum Gasteiger partial charge on any atom is 1.00 e. The molecule has 0 radical (unpaired) electrons. The Morgan fingerprint density at radius 3 is 2.50 bits per heavy atom. The Morgan fingerprint density at radius 1 is 1.21 bits per heavy atom. The third kappa shape index (κ3) is 4.17. The summed E-state index contributed by atoms with van der Waals surface area (Å²) in [5.41, 5.74) is 0.0854. The molecule has 1 aliphatic rings. The molecule has 122 valence electrons. The molecule has 9 heteroatoms. The van der Waals surface area contributed by atoms with Crippen molar-refractivity contribution in [2.45, 2.75) is 6.04 Å². The Hall–Kier alpha value is -0.944. The van der Waals surface area contributed by atoms with Crippen molar-refractivity contribution in [2.75, 3.05) is 10.8 Å². The van der Waals surface area contributed by atoms with Crippen LogP contribution in [0.25, 0.3) is 0 Å². The van der Waals surface area contributed by atoms with Crippen molar-refractivity contribution in [1.82, 2.24) is 4.72 Å². The Labute approximate surface area is 183 Å². The smallest absolute Gasteiger partial charge is 1.00 e. The van der Waals surface area contributed by atoms with E-state index in [1.165, 1.54) is 12.1 Å². The average molecular weight is 374 g/mol. The number of ether oxygens (including phenoxy) is 1. The van der Waals surface area contributed by atoms with E-state index in [9.17, 15) is 18.3 Å². The summed E-state index contributed by atoms with van der Waals surface area (Å²) in [7, 11) is -3.84. The second-order valence-electron chi connectivity index (χ2n) is 4.96. The van der Waals surface area contributed by atoms with Crippen LogP contribution in [0, 0.1) is 0 Å². The zero-order chi connectivity index (χ0) is 16.4. The number of para-hydroxylation sites is 1. The van der Waals surface area contributed by atoms with Gasteiger partial charge in [0.2, 0.25) is 0 Å². The SMILES string of the molecule is O=CC1CN(c2ccc(Oc3ccccc3)cc2O)S(=O)(=O)N1.[H-].[K+]. The number of phenolic OH excluding ortho intramolecular Hbond substituents is 1. The first-order valence-electron chi connectivity index (χ1n) is 6.81. The van der Waals surface area contributed by atoms with Gasteiger partial charge in [0.15, 0.2) is 0 Å². The van der Waals surface area contributed by atoms with Crippen LogP contribution in [0.3, 0.4) is 0 Å². The van der Waals surface area contributed by atoms with Crippen molar-refractivity contribution in [3.05, 3.63) is 48.5 Å². The third-order valence-electron chi connectivity index (χ3n) is 3.31. The van der Waals surface area contributed by atoms with Crippen LogP contribution in [0.4, 0.5) is 5.69 Å². The van der Waals surface area contributed by atoms with E-state index in [-0.39, 0.29) is 70.8 Å². The van der Waals surface area contributed by atoms with Crippen LogP contribution in [0.2, 0.25) is 0 Å². The standard InChI is InChI=1S/C15H14N2O5S.K.H/c18-10-11-9-17(23(20,21)16-11)14-7-6-13(8-15(14)19)22-12-4-2-1-3-5-12;;/h1-8,10-11,16,19H,9H2;;/q;+1;-1. The van der Waals surface area contributed by atoms with Gasteiger partial charge < -0.3 is 16.1 Å². The molecule has 7 nitrogen and oxygen atoms in total. The molecule has 1 unspecified atom stereocenters. The number of anilines is 1. The molecular weight excluding hydrogens is 359 g/mol. The third-order valence-corrected chi connectivity index (χ3v) is 4.84. The summed E-state index contributed by atoms with van der Waals surface area (Å²) >= 11 is 0. The molecule has 2 aromatic rings. The molecule has 1 heterocycles. The van der Waals surface area contributed by atoms with Crippen LogP contribution in [-0.2, 0) is 15.0 Å². The number of hydrogen-bond acceptors (Lipinski definition) is 5. The molecule has 0 saturated carbocycles. The fourth-order valence-electron chi connectivity index (χ4n) is 2.27. The number of carbonyl (C=O) groups is 1. The second kappa shape index (κ2) is 7.96. The number of nitrogens with zero attached hydrogens (tertiary/aromatic N) is 1. The van der Waals surface area contributed by atoms with E-state index in [4.69, 9.17) is 4.74 Å². The van der Waals surface area contributed by atoms with Crippen LogP contribution < -0.4 is 65.1 Å². The largest absolute Gasteiger partial charge is 1.00 e. The van der Waals surface area contributed by atoms with Gasteiger partial charge in [-0.25, -0.2) is 0 Å². The number of benzene rings is 2. The van der Waals surface area contributed by atoms with Crippen molar-refractivity contribution >= 4 is 22.2 Å².